The average molecular weight is 263 g/mol. The van der Waals surface area contributed by atoms with Crippen molar-refractivity contribution in [3.05, 3.63) is 30.1 Å². The minimum absolute atomic E-state index is 0. The summed E-state index contributed by atoms with van der Waals surface area (Å²) in [6.45, 7) is 1.03. The Hall–Kier alpha value is -1.33. The lowest BCUT2D eigenvalue weighted by atomic mass is 10.3. The van der Waals surface area contributed by atoms with Crippen LogP contribution in [0.3, 0.4) is 0 Å². The van der Waals surface area contributed by atoms with E-state index in [0.29, 0.717) is 13.1 Å². The number of rotatable bonds is 6. The third-order valence-corrected chi connectivity index (χ3v) is 1.89. The van der Waals surface area contributed by atoms with Crippen LogP contribution >= 0.6 is 12.4 Å². The van der Waals surface area contributed by atoms with Gasteiger partial charge in [-0.2, -0.15) is 0 Å². The maximum atomic E-state index is 13.1. The molecule has 0 saturated carbocycles. The summed E-state index contributed by atoms with van der Waals surface area (Å²) in [6, 6.07) is 5.98. The Balaban J connectivity index is 0.00000256. The van der Waals surface area contributed by atoms with Gasteiger partial charge in [0.25, 0.3) is 5.91 Å². The Morgan fingerprint density at radius 2 is 2.06 bits per heavy atom. The molecule has 0 aliphatic rings. The summed E-state index contributed by atoms with van der Waals surface area (Å²) in [5, 5.41) is 5.51. The zero-order chi connectivity index (χ0) is 11.8. The van der Waals surface area contributed by atoms with Crippen LogP contribution in [0.5, 0.6) is 5.75 Å². The van der Waals surface area contributed by atoms with E-state index in [2.05, 4.69) is 10.6 Å². The summed E-state index contributed by atoms with van der Waals surface area (Å²) in [5.41, 5.74) is 0. The first kappa shape index (κ1) is 15.7. The molecule has 0 aliphatic heterocycles. The van der Waals surface area contributed by atoms with E-state index in [9.17, 15) is 9.18 Å². The molecule has 0 unspecified atom stereocenters. The summed E-state index contributed by atoms with van der Waals surface area (Å²) in [4.78, 5) is 11.2. The molecule has 1 aromatic rings. The van der Waals surface area contributed by atoms with Crippen LogP contribution in [0, 0.1) is 5.82 Å². The predicted molar refractivity (Wildman–Crippen MR) is 66.1 cm³/mol. The molecule has 4 nitrogen and oxygen atoms in total. The quantitative estimate of drug-likeness (QED) is 0.751. The van der Waals surface area contributed by atoms with Crippen molar-refractivity contribution in [1.82, 2.24) is 10.6 Å². The van der Waals surface area contributed by atoms with Crippen molar-refractivity contribution in [2.75, 3.05) is 26.7 Å². The van der Waals surface area contributed by atoms with Crippen LogP contribution in [-0.2, 0) is 4.79 Å². The summed E-state index contributed by atoms with van der Waals surface area (Å²) < 4.78 is 18.1. The molecule has 0 fully saturated rings. The number of hydrogen-bond donors (Lipinski definition) is 2. The molecule has 0 saturated heterocycles. The fourth-order valence-electron chi connectivity index (χ4n) is 1.08. The van der Waals surface area contributed by atoms with E-state index in [1.807, 2.05) is 0 Å². The first-order valence-corrected chi connectivity index (χ1v) is 5.02. The number of ether oxygens (including phenoxy) is 1. The normalized spacial score (nSPS) is 9.29. The van der Waals surface area contributed by atoms with Crippen molar-refractivity contribution in [3.8, 4) is 5.75 Å². The molecule has 0 aliphatic carbocycles. The number of para-hydroxylation sites is 1. The lowest BCUT2D eigenvalue weighted by molar-refractivity contribution is -0.123. The highest BCUT2D eigenvalue weighted by molar-refractivity contribution is 5.85. The summed E-state index contributed by atoms with van der Waals surface area (Å²) in [5.74, 6) is -0.643. The van der Waals surface area contributed by atoms with Gasteiger partial charge in [0.05, 0.1) is 0 Å². The Bertz CT molecular complexity index is 350. The molecule has 6 heteroatoms. The smallest absolute Gasteiger partial charge is 0.257 e. The Morgan fingerprint density at radius 3 is 2.71 bits per heavy atom. The molecular formula is C11H16ClFN2O2. The minimum Gasteiger partial charge on any atom is -0.481 e. The van der Waals surface area contributed by atoms with E-state index < -0.39 is 5.82 Å². The van der Waals surface area contributed by atoms with E-state index in [1.165, 1.54) is 12.1 Å². The number of nitrogens with one attached hydrogen (secondary N) is 2. The van der Waals surface area contributed by atoms with Crippen LogP contribution < -0.4 is 15.4 Å². The second kappa shape index (κ2) is 8.78. The standard InChI is InChI=1S/C11H15FN2O2.ClH/c1-13-6-7-14-11(15)8-16-10-5-3-2-4-9(10)12;/h2-5,13H,6-8H2,1H3,(H,14,15);1H. The zero-order valence-electron chi connectivity index (χ0n) is 9.53. The first-order chi connectivity index (χ1) is 7.74. The highest BCUT2D eigenvalue weighted by atomic mass is 35.5. The van der Waals surface area contributed by atoms with Crippen LogP contribution in [-0.4, -0.2) is 32.7 Å². The summed E-state index contributed by atoms with van der Waals surface area (Å²) >= 11 is 0. The lowest BCUT2D eigenvalue weighted by Gasteiger charge is -2.07. The third-order valence-electron chi connectivity index (χ3n) is 1.89. The summed E-state index contributed by atoms with van der Waals surface area (Å²) in [7, 11) is 1.79. The molecule has 17 heavy (non-hydrogen) atoms. The maximum Gasteiger partial charge on any atom is 0.257 e. The average Bonchev–Trinajstić information content (AvgIpc) is 2.28. The van der Waals surface area contributed by atoms with Gasteiger partial charge in [-0.15, -0.1) is 12.4 Å². The molecule has 0 bridgehead atoms. The van der Waals surface area contributed by atoms with E-state index in [0.717, 1.165) is 0 Å². The van der Waals surface area contributed by atoms with Gasteiger partial charge in [0.2, 0.25) is 0 Å². The number of hydrogen-bond acceptors (Lipinski definition) is 3. The molecule has 0 radical (unpaired) electrons. The van der Waals surface area contributed by atoms with Gasteiger partial charge in [0.1, 0.15) is 0 Å². The monoisotopic (exact) mass is 262 g/mol. The molecule has 1 amide bonds. The Morgan fingerprint density at radius 1 is 1.35 bits per heavy atom. The number of likely N-dealkylation sites (N-methyl/N-ethyl adjacent to an activating group) is 1. The van der Waals surface area contributed by atoms with Crippen LogP contribution in [0.1, 0.15) is 0 Å². The largest absolute Gasteiger partial charge is 0.481 e. The van der Waals surface area contributed by atoms with E-state index in [4.69, 9.17) is 4.74 Å². The number of amides is 1. The SMILES string of the molecule is CNCCNC(=O)COc1ccccc1F.Cl. The van der Waals surface area contributed by atoms with Gasteiger partial charge in [0.15, 0.2) is 18.2 Å². The van der Waals surface area contributed by atoms with E-state index in [1.54, 1.807) is 19.2 Å². The molecule has 0 atom stereocenters. The molecular weight excluding hydrogens is 247 g/mol. The van der Waals surface area contributed by atoms with Crippen LogP contribution in [0.2, 0.25) is 0 Å². The van der Waals surface area contributed by atoms with Crippen LogP contribution in [0.4, 0.5) is 4.39 Å². The second-order valence-corrected chi connectivity index (χ2v) is 3.17. The van der Waals surface area contributed by atoms with Crippen molar-refractivity contribution in [2.24, 2.45) is 0 Å². The first-order valence-electron chi connectivity index (χ1n) is 5.02. The van der Waals surface area contributed by atoms with E-state index >= 15 is 0 Å². The number of benzene rings is 1. The van der Waals surface area contributed by atoms with Crippen molar-refractivity contribution in [3.63, 3.8) is 0 Å². The molecule has 96 valence electrons. The lowest BCUT2D eigenvalue weighted by Crippen LogP contribution is -2.33. The van der Waals surface area contributed by atoms with Crippen LogP contribution in [0.15, 0.2) is 24.3 Å². The Labute approximate surface area is 106 Å². The third kappa shape index (κ3) is 6.09. The topological polar surface area (TPSA) is 50.4 Å². The minimum atomic E-state index is -0.467. The van der Waals surface area contributed by atoms with Crippen LogP contribution in [0.25, 0.3) is 0 Å². The van der Waals surface area contributed by atoms with Gasteiger partial charge in [-0.1, -0.05) is 12.1 Å². The molecule has 1 rings (SSSR count). The van der Waals surface area contributed by atoms with Gasteiger partial charge in [-0.25, -0.2) is 4.39 Å². The summed E-state index contributed by atoms with van der Waals surface area (Å²) in [6.07, 6.45) is 0. The highest BCUT2D eigenvalue weighted by Crippen LogP contribution is 2.14. The van der Waals surface area contributed by atoms with Crippen molar-refractivity contribution in [2.45, 2.75) is 0 Å². The number of carbonyl (C=O) groups is 1. The second-order valence-electron chi connectivity index (χ2n) is 3.17. The molecule has 0 spiro atoms. The highest BCUT2D eigenvalue weighted by Gasteiger charge is 2.04. The van der Waals surface area contributed by atoms with E-state index in [-0.39, 0.29) is 30.7 Å². The van der Waals surface area contributed by atoms with Gasteiger partial charge in [-0.3, -0.25) is 4.79 Å². The Kier molecular flexibility index (Phi) is 8.09. The zero-order valence-corrected chi connectivity index (χ0v) is 10.3. The van der Waals surface area contributed by atoms with Crippen molar-refractivity contribution in [1.29, 1.82) is 0 Å². The molecule has 0 heterocycles. The molecule has 0 aromatic heterocycles. The number of carbonyl (C=O) groups excluding carboxylic acids is 1. The fraction of sp³-hybridized carbons (Fsp3) is 0.364. The maximum absolute atomic E-state index is 13.1. The number of halogens is 2. The molecule has 1 aromatic carbocycles. The van der Waals surface area contributed by atoms with Gasteiger partial charge in [0, 0.05) is 13.1 Å². The van der Waals surface area contributed by atoms with Crippen molar-refractivity contribution >= 4 is 18.3 Å². The molecule has 2 N–H and O–H groups in total. The predicted octanol–water partition coefficient (Wildman–Crippen LogP) is 0.962. The van der Waals surface area contributed by atoms with Gasteiger partial charge >= 0.3 is 0 Å². The fourth-order valence-corrected chi connectivity index (χ4v) is 1.08. The van der Waals surface area contributed by atoms with Crippen molar-refractivity contribution < 1.29 is 13.9 Å². The van der Waals surface area contributed by atoms with Gasteiger partial charge < -0.3 is 15.4 Å². The van der Waals surface area contributed by atoms with Gasteiger partial charge in [-0.05, 0) is 19.2 Å².